The third kappa shape index (κ3) is 4.44. The Labute approximate surface area is 158 Å². The minimum atomic E-state index is -0.0929. The van der Waals surface area contributed by atoms with Crippen molar-refractivity contribution in [1.82, 2.24) is 15.1 Å². The van der Waals surface area contributed by atoms with Gasteiger partial charge in [0.15, 0.2) is 0 Å². The first-order valence-electron chi connectivity index (χ1n) is 9.28. The summed E-state index contributed by atoms with van der Waals surface area (Å²) in [6, 6.07) is 11.0. The van der Waals surface area contributed by atoms with E-state index in [0.717, 1.165) is 17.8 Å². The number of hydrogen-bond donors (Lipinski definition) is 1. The quantitative estimate of drug-likeness (QED) is 0.849. The summed E-state index contributed by atoms with van der Waals surface area (Å²) < 4.78 is 6.05. The van der Waals surface area contributed by atoms with Crippen molar-refractivity contribution in [3.05, 3.63) is 47.7 Å². The molecule has 4 heterocycles. The largest absolute Gasteiger partial charge is 0.472 e. The molecule has 1 amide bonds. The number of carbonyl (C=O) groups is 1. The molecule has 27 heavy (non-hydrogen) atoms. The molecular formula is C21H22N4O2. The zero-order valence-electron chi connectivity index (χ0n) is 15.3. The SMILES string of the molecule is CC(=O)Nc1ccc(C#Cc2ccc(O[C@H]3CN4CCC3CC4)nn2)cc1. The summed E-state index contributed by atoms with van der Waals surface area (Å²) in [5, 5.41) is 11.1. The maximum atomic E-state index is 11.0. The van der Waals surface area contributed by atoms with Gasteiger partial charge in [-0.15, -0.1) is 10.2 Å². The van der Waals surface area contributed by atoms with Crippen LogP contribution < -0.4 is 10.1 Å². The fourth-order valence-electron chi connectivity index (χ4n) is 3.63. The highest BCUT2D eigenvalue weighted by Crippen LogP contribution is 2.29. The molecular weight excluding hydrogens is 340 g/mol. The summed E-state index contributed by atoms with van der Waals surface area (Å²) in [5.74, 6) is 7.17. The number of aromatic nitrogens is 2. The fraction of sp³-hybridized carbons (Fsp3) is 0.381. The molecule has 3 saturated heterocycles. The van der Waals surface area contributed by atoms with Crippen LogP contribution in [0.15, 0.2) is 36.4 Å². The van der Waals surface area contributed by atoms with Gasteiger partial charge in [-0.05, 0) is 68.1 Å². The maximum absolute atomic E-state index is 11.0. The van der Waals surface area contributed by atoms with E-state index in [2.05, 4.69) is 32.3 Å². The van der Waals surface area contributed by atoms with Crippen molar-refractivity contribution in [3.8, 4) is 17.7 Å². The topological polar surface area (TPSA) is 67.3 Å². The standard InChI is InChI=1S/C21H22N4O2/c1-15(26)22-18-5-2-16(3-6-18)4-7-19-8-9-21(24-23-19)27-20-14-25-12-10-17(20)11-13-25/h2-3,5-6,8-9,17,20H,10-14H2,1H3,(H,22,26)/t20-/m0/s1. The molecule has 1 aromatic heterocycles. The average Bonchev–Trinajstić information content (AvgIpc) is 2.69. The first-order chi connectivity index (χ1) is 13.2. The maximum Gasteiger partial charge on any atom is 0.233 e. The number of carbonyl (C=O) groups excluding carboxylic acids is 1. The van der Waals surface area contributed by atoms with Crippen LogP contribution in [0.3, 0.4) is 0 Å². The van der Waals surface area contributed by atoms with Crippen LogP contribution in [0.5, 0.6) is 5.88 Å². The molecule has 5 rings (SSSR count). The number of piperidine rings is 3. The lowest BCUT2D eigenvalue weighted by Gasteiger charge is -2.44. The number of rotatable bonds is 3. The second kappa shape index (κ2) is 7.77. The average molecular weight is 362 g/mol. The molecule has 6 heteroatoms. The Balaban J connectivity index is 1.37. The Hall–Kier alpha value is -2.91. The number of nitrogens with one attached hydrogen (secondary N) is 1. The van der Waals surface area contributed by atoms with Crippen molar-refractivity contribution in [2.45, 2.75) is 25.9 Å². The first kappa shape index (κ1) is 17.5. The van der Waals surface area contributed by atoms with Crippen LogP contribution >= 0.6 is 0 Å². The van der Waals surface area contributed by atoms with E-state index >= 15 is 0 Å². The smallest absolute Gasteiger partial charge is 0.233 e. The highest BCUT2D eigenvalue weighted by molar-refractivity contribution is 5.88. The minimum absolute atomic E-state index is 0.0929. The molecule has 3 fully saturated rings. The van der Waals surface area contributed by atoms with E-state index in [9.17, 15) is 4.79 Å². The molecule has 1 atom stereocenters. The molecule has 0 unspecified atom stereocenters. The number of ether oxygens (including phenoxy) is 1. The minimum Gasteiger partial charge on any atom is -0.472 e. The van der Waals surface area contributed by atoms with Gasteiger partial charge in [-0.1, -0.05) is 5.92 Å². The van der Waals surface area contributed by atoms with Crippen LogP contribution in [0.1, 0.15) is 31.0 Å². The number of amides is 1. The van der Waals surface area contributed by atoms with Gasteiger partial charge in [0.2, 0.25) is 11.8 Å². The highest BCUT2D eigenvalue weighted by Gasteiger charge is 2.35. The van der Waals surface area contributed by atoms with Gasteiger partial charge in [0.25, 0.3) is 0 Å². The van der Waals surface area contributed by atoms with Crippen LogP contribution in [-0.2, 0) is 4.79 Å². The summed E-state index contributed by atoms with van der Waals surface area (Å²) in [6.45, 7) is 4.85. The third-order valence-corrected chi connectivity index (χ3v) is 5.05. The molecule has 0 saturated carbocycles. The molecule has 138 valence electrons. The van der Waals surface area contributed by atoms with E-state index in [-0.39, 0.29) is 12.0 Å². The molecule has 0 aliphatic carbocycles. The number of hydrogen-bond acceptors (Lipinski definition) is 5. The van der Waals surface area contributed by atoms with E-state index in [1.807, 2.05) is 36.4 Å². The van der Waals surface area contributed by atoms with Crippen molar-refractivity contribution < 1.29 is 9.53 Å². The van der Waals surface area contributed by atoms with E-state index in [4.69, 9.17) is 4.74 Å². The van der Waals surface area contributed by atoms with E-state index < -0.39 is 0 Å². The Morgan fingerprint density at radius 3 is 2.48 bits per heavy atom. The predicted octanol–water partition coefficient (Wildman–Crippen LogP) is 2.31. The van der Waals surface area contributed by atoms with Crippen LogP contribution in [0.25, 0.3) is 0 Å². The Kier molecular flexibility index (Phi) is 5.03. The molecule has 1 N–H and O–H groups in total. The lowest BCUT2D eigenvalue weighted by Crippen LogP contribution is -2.52. The Bertz CT molecular complexity index is 860. The molecule has 3 aliphatic rings. The zero-order valence-corrected chi connectivity index (χ0v) is 15.3. The molecule has 6 nitrogen and oxygen atoms in total. The van der Waals surface area contributed by atoms with Gasteiger partial charge < -0.3 is 10.1 Å². The van der Waals surface area contributed by atoms with Crippen molar-refractivity contribution in [1.29, 1.82) is 0 Å². The van der Waals surface area contributed by atoms with Gasteiger partial charge in [0.1, 0.15) is 11.8 Å². The van der Waals surface area contributed by atoms with Crippen LogP contribution in [0.4, 0.5) is 5.69 Å². The molecule has 1 aromatic carbocycles. The summed E-state index contributed by atoms with van der Waals surface area (Å²) in [4.78, 5) is 13.5. The molecule has 2 aromatic rings. The molecule has 2 bridgehead atoms. The Morgan fingerprint density at radius 1 is 1.11 bits per heavy atom. The van der Waals surface area contributed by atoms with Gasteiger partial charge >= 0.3 is 0 Å². The summed E-state index contributed by atoms with van der Waals surface area (Å²) in [7, 11) is 0. The molecule has 0 spiro atoms. The molecule has 0 radical (unpaired) electrons. The lowest BCUT2D eigenvalue weighted by molar-refractivity contribution is -0.114. The van der Waals surface area contributed by atoms with Crippen molar-refractivity contribution in [2.75, 3.05) is 25.0 Å². The molecule has 3 aliphatic heterocycles. The van der Waals surface area contributed by atoms with Crippen molar-refractivity contribution in [3.63, 3.8) is 0 Å². The van der Waals surface area contributed by atoms with Crippen LogP contribution in [0.2, 0.25) is 0 Å². The monoisotopic (exact) mass is 362 g/mol. The van der Waals surface area contributed by atoms with E-state index in [1.165, 1.54) is 32.9 Å². The first-order valence-corrected chi connectivity index (χ1v) is 9.28. The second-order valence-electron chi connectivity index (χ2n) is 7.06. The van der Waals surface area contributed by atoms with Crippen LogP contribution in [0, 0.1) is 17.8 Å². The number of benzene rings is 1. The predicted molar refractivity (Wildman–Crippen MR) is 102 cm³/mol. The highest BCUT2D eigenvalue weighted by atomic mass is 16.5. The van der Waals surface area contributed by atoms with E-state index in [1.54, 1.807) is 0 Å². The third-order valence-electron chi connectivity index (χ3n) is 5.05. The van der Waals surface area contributed by atoms with Crippen LogP contribution in [-0.4, -0.2) is 46.7 Å². The number of fused-ring (bicyclic) bond motifs is 3. The zero-order chi connectivity index (χ0) is 18.6. The van der Waals surface area contributed by atoms with Crippen molar-refractivity contribution >= 4 is 11.6 Å². The van der Waals surface area contributed by atoms with E-state index in [0.29, 0.717) is 17.5 Å². The Morgan fingerprint density at radius 2 is 1.89 bits per heavy atom. The summed E-state index contributed by atoms with van der Waals surface area (Å²) in [6.07, 6.45) is 2.64. The van der Waals surface area contributed by atoms with Gasteiger partial charge in [-0.25, -0.2) is 0 Å². The second-order valence-corrected chi connectivity index (χ2v) is 7.06. The summed E-state index contributed by atoms with van der Waals surface area (Å²) in [5.41, 5.74) is 2.20. The van der Waals surface area contributed by atoms with Gasteiger partial charge in [-0.3, -0.25) is 9.69 Å². The fourth-order valence-corrected chi connectivity index (χ4v) is 3.63. The number of anilines is 1. The van der Waals surface area contributed by atoms with Gasteiger partial charge in [0.05, 0.1) is 0 Å². The number of nitrogens with zero attached hydrogens (tertiary/aromatic N) is 3. The van der Waals surface area contributed by atoms with Gasteiger partial charge in [-0.2, -0.15) is 0 Å². The van der Waals surface area contributed by atoms with Gasteiger partial charge in [0, 0.05) is 30.8 Å². The van der Waals surface area contributed by atoms with Crippen molar-refractivity contribution in [2.24, 2.45) is 5.92 Å². The summed E-state index contributed by atoms with van der Waals surface area (Å²) >= 11 is 0. The normalized spacial score (nSPS) is 23.2. The lowest BCUT2D eigenvalue weighted by atomic mass is 9.86.